The van der Waals surface area contributed by atoms with E-state index in [0.29, 0.717) is 4.90 Å². The van der Waals surface area contributed by atoms with Gasteiger partial charge in [-0.05, 0) is 19.1 Å². The molecule has 1 rings (SSSR count). The highest BCUT2D eigenvalue weighted by Crippen LogP contribution is 2.09. The minimum absolute atomic E-state index is 0.631. The van der Waals surface area contributed by atoms with E-state index in [0.717, 1.165) is 5.56 Å². The maximum absolute atomic E-state index is 11.2. The first kappa shape index (κ1) is 9.38. The highest BCUT2D eigenvalue weighted by Gasteiger charge is 1.97. The summed E-state index contributed by atoms with van der Waals surface area (Å²) in [7, 11) is 1.45. The van der Waals surface area contributed by atoms with Crippen molar-refractivity contribution in [3.8, 4) is 0 Å². The molecule has 0 spiro atoms. The molecule has 3 nitrogen and oxygen atoms in total. The summed E-state index contributed by atoms with van der Waals surface area (Å²) in [5.41, 5.74) is 4.46. The third kappa shape index (κ3) is 2.41. The lowest BCUT2D eigenvalue weighted by Crippen LogP contribution is -1.92. The number of hydroxylamine groups is 1. The Morgan fingerprint density at radius 3 is 2.42 bits per heavy atom. The summed E-state index contributed by atoms with van der Waals surface area (Å²) in [6, 6.07) is 7.28. The average molecular weight is 184 g/mol. The molecule has 0 aromatic heterocycles. The summed E-state index contributed by atoms with van der Waals surface area (Å²) in [6.07, 6.45) is 0. The number of benzene rings is 1. The van der Waals surface area contributed by atoms with Crippen LogP contribution in [0.15, 0.2) is 29.2 Å². The van der Waals surface area contributed by atoms with Gasteiger partial charge in [-0.2, -0.15) is 0 Å². The Hall–Kier alpha value is -0.710. The fourth-order valence-electron chi connectivity index (χ4n) is 0.760. The quantitative estimate of drug-likeness (QED) is 0.674. The summed E-state index contributed by atoms with van der Waals surface area (Å²) < 4.78 is 15.7. The van der Waals surface area contributed by atoms with Crippen LogP contribution in [0.2, 0.25) is 0 Å². The van der Waals surface area contributed by atoms with Gasteiger partial charge in [-0.15, -0.1) is 7.05 Å². The van der Waals surface area contributed by atoms with Crippen LogP contribution in [-0.2, 0) is 15.4 Å². The molecule has 1 aromatic rings. The van der Waals surface area contributed by atoms with Crippen LogP contribution in [-0.4, -0.2) is 11.3 Å². The lowest BCUT2D eigenvalue weighted by atomic mass is 10.2. The second-order valence-corrected chi connectivity index (χ2v) is 3.39. The van der Waals surface area contributed by atoms with Crippen molar-refractivity contribution in [1.29, 1.82) is 0 Å². The predicted molar refractivity (Wildman–Crippen MR) is 48.0 cm³/mol. The van der Waals surface area contributed by atoms with Crippen molar-refractivity contribution in [2.24, 2.45) is 0 Å². The van der Waals surface area contributed by atoms with Gasteiger partial charge in [-0.3, -0.25) is 0 Å². The fraction of sp³-hybridized carbons (Fsp3) is 0.250. The molecule has 0 N–H and O–H groups in total. The Bertz CT molecular complexity index is 271. The highest BCUT2D eigenvalue weighted by molar-refractivity contribution is 7.80. The average Bonchev–Trinajstić information content (AvgIpc) is 2.06. The molecule has 0 aliphatic carbocycles. The van der Waals surface area contributed by atoms with E-state index in [4.69, 9.17) is 0 Å². The van der Waals surface area contributed by atoms with E-state index in [1.54, 1.807) is 12.1 Å². The third-order valence-corrected chi connectivity index (χ3v) is 2.30. The van der Waals surface area contributed by atoms with Gasteiger partial charge in [0.25, 0.3) is 0 Å². The van der Waals surface area contributed by atoms with Crippen LogP contribution in [0.25, 0.3) is 5.48 Å². The number of rotatable bonds is 3. The van der Waals surface area contributed by atoms with Crippen LogP contribution in [0.4, 0.5) is 0 Å². The van der Waals surface area contributed by atoms with Crippen LogP contribution in [0.5, 0.6) is 0 Å². The normalized spacial score (nSPS) is 12.8. The number of aryl methyl sites for hydroxylation is 1. The Morgan fingerprint density at radius 1 is 1.33 bits per heavy atom. The molecule has 0 aliphatic rings. The molecule has 12 heavy (non-hydrogen) atoms. The van der Waals surface area contributed by atoms with Crippen LogP contribution in [0.1, 0.15) is 5.56 Å². The molecule has 0 heterocycles. The van der Waals surface area contributed by atoms with Crippen molar-refractivity contribution in [3.63, 3.8) is 0 Å². The molecule has 1 atom stereocenters. The Labute approximate surface area is 74.4 Å². The maximum atomic E-state index is 11.2. The van der Waals surface area contributed by atoms with Crippen LogP contribution >= 0.6 is 0 Å². The molecule has 0 saturated carbocycles. The first-order valence-electron chi connectivity index (χ1n) is 3.49. The molecule has 0 fully saturated rings. The van der Waals surface area contributed by atoms with Crippen molar-refractivity contribution >= 4 is 11.1 Å². The summed E-state index contributed by atoms with van der Waals surface area (Å²) in [4.78, 5) is 0.631. The highest BCUT2D eigenvalue weighted by atomic mass is 32.2. The van der Waals surface area contributed by atoms with E-state index in [1.165, 1.54) is 7.05 Å². The minimum Gasteiger partial charge on any atom is -0.521 e. The van der Waals surface area contributed by atoms with Gasteiger partial charge in [-0.1, -0.05) is 17.7 Å². The molecule has 66 valence electrons. The van der Waals surface area contributed by atoms with Crippen molar-refractivity contribution in [1.82, 2.24) is 0 Å². The van der Waals surface area contributed by atoms with E-state index in [9.17, 15) is 4.21 Å². The first-order chi connectivity index (χ1) is 5.74. The van der Waals surface area contributed by atoms with E-state index in [1.807, 2.05) is 19.1 Å². The molecule has 4 heteroatoms. The number of hydrogen-bond donors (Lipinski definition) is 0. The zero-order valence-electron chi connectivity index (χ0n) is 6.98. The second-order valence-electron chi connectivity index (χ2n) is 2.30. The van der Waals surface area contributed by atoms with Crippen molar-refractivity contribution in [2.45, 2.75) is 11.8 Å². The summed E-state index contributed by atoms with van der Waals surface area (Å²) >= 11 is -1.46. The van der Waals surface area contributed by atoms with E-state index < -0.39 is 11.1 Å². The van der Waals surface area contributed by atoms with Crippen LogP contribution in [0, 0.1) is 6.92 Å². The summed E-state index contributed by atoms with van der Waals surface area (Å²) in [6.45, 7) is 1.97. The zero-order valence-corrected chi connectivity index (χ0v) is 7.80. The summed E-state index contributed by atoms with van der Waals surface area (Å²) in [5, 5.41) is 0. The maximum Gasteiger partial charge on any atom is 0.172 e. The summed E-state index contributed by atoms with van der Waals surface area (Å²) in [5.74, 6) is 0. The van der Waals surface area contributed by atoms with Crippen LogP contribution < -0.4 is 0 Å². The van der Waals surface area contributed by atoms with E-state index in [-0.39, 0.29) is 0 Å². The smallest absolute Gasteiger partial charge is 0.172 e. The third-order valence-electron chi connectivity index (χ3n) is 1.36. The SMILES string of the molecule is C[N-]OS(=O)c1ccc(C)cc1. The molecular formula is C8H10NO2S-. The van der Waals surface area contributed by atoms with Crippen molar-refractivity contribution in [2.75, 3.05) is 7.05 Å². The number of hydrogen-bond acceptors (Lipinski definition) is 2. The van der Waals surface area contributed by atoms with Gasteiger partial charge in [0, 0.05) is 0 Å². The van der Waals surface area contributed by atoms with Gasteiger partial charge in [0.15, 0.2) is 11.1 Å². The minimum atomic E-state index is -1.46. The molecule has 1 aromatic carbocycles. The first-order valence-corrected chi connectivity index (χ1v) is 4.56. The zero-order chi connectivity index (χ0) is 8.97. The van der Waals surface area contributed by atoms with Gasteiger partial charge in [-0.25, -0.2) is 4.21 Å². The van der Waals surface area contributed by atoms with E-state index in [2.05, 4.69) is 9.76 Å². The largest absolute Gasteiger partial charge is 0.521 e. The monoisotopic (exact) mass is 184 g/mol. The molecule has 0 radical (unpaired) electrons. The van der Waals surface area contributed by atoms with Gasteiger partial charge < -0.3 is 9.76 Å². The second kappa shape index (κ2) is 4.35. The van der Waals surface area contributed by atoms with Gasteiger partial charge in [0.2, 0.25) is 0 Å². The van der Waals surface area contributed by atoms with Crippen molar-refractivity contribution < 1.29 is 8.49 Å². The lowest BCUT2D eigenvalue weighted by molar-refractivity contribution is 0.466. The van der Waals surface area contributed by atoms with Gasteiger partial charge in [0.1, 0.15) is 0 Å². The molecule has 0 saturated heterocycles. The lowest BCUT2D eigenvalue weighted by Gasteiger charge is -2.11. The fourth-order valence-corrected chi connectivity index (χ4v) is 1.34. The molecule has 0 bridgehead atoms. The molecule has 0 amide bonds. The Balaban J connectivity index is 2.75. The topological polar surface area (TPSA) is 40.4 Å². The predicted octanol–water partition coefficient (Wildman–Crippen LogP) is 1.95. The molecule has 0 aliphatic heterocycles. The van der Waals surface area contributed by atoms with Gasteiger partial charge >= 0.3 is 0 Å². The van der Waals surface area contributed by atoms with Crippen LogP contribution in [0.3, 0.4) is 0 Å². The Kier molecular flexibility index (Phi) is 3.40. The number of nitrogens with zero attached hydrogens (tertiary/aromatic N) is 1. The molecule has 1 unspecified atom stereocenters. The Morgan fingerprint density at radius 2 is 1.92 bits per heavy atom. The standard InChI is InChI=1S/C8H10NO2S/c1-7-3-5-8(6-4-7)12(10)11-9-2/h3-6H,1-2H3/q-1. The van der Waals surface area contributed by atoms with Crippen molar-refractivity contribution in [3.05, 3.63) is 35.3 Å². The van der Waals surface area contributed by atoms with Gasteiger partial charge in [0.05, 0.1) is 4.90 Å². The van der Waals surface area contributed by atoms with E-state index >= 15 is 0 Å². The molecular weight excluding hydrogens is 174 g/mol.